The van der Waals surface area contributed by atoms with Crippen LogP contribution in [-0.2, 0) is 11.4 Å². The van der Waals surface area contributed by atoms with Gasteiger partial charge in [-0.25, -0.2) is 0 Å². The van der Waals surface area contributed by atoms with E-state index in [0.717, 1.165) is 11.3 Å². The van der Waals surface area contributed by atoms with E-state index in [-0.39, 0.29) is 12.5 Å². The molecule has 1 saturated heterocycles. The highest BCUT2D eigenvalue weighted by molar-refractivity contribution is 8.27. The molecular formula is C24H17Cl2NO3S2. The molecule has 1 aliphatic heterocycles. The van der Waals surface area contributed by atoms with Crippen molar-refractivity contribution in [1.29, 1.82) is 0 Å². The zero-order chi connectivity index (χ0) is 22.7. The van der Waals surface area contributed by atoms with Gasteiger partial charge in [-0.3, -0.25) is 9.69 Å². The van der Waals surface area contributed by atoms with Crippen molar-refractivity contribution in [2.75, 3.05) is 12.0 Å². The van der Waals surface area contributed by atoms with Crippen molar-refractivity contribution < 1.29 is 14.3 Å². The SMILES string of the molecule is COc1cccc(/C=C2/SC(=S)N(c3ccccc3)C2=O)c1OCc1ccc(Cl)cc1Cl. The van der Waals surface area contributed by atoms with Gasteiger partial charge in [0.05, 0.1) is 17.7 Å². The van der Waals surface area contributed by atoms with Gasteiger partial charge < -0.3 is 9.47 Å². The Labute approximate surface area is 205 Å². The first-order valence-corrected chi connectivity index (χ1v) is 11.5. The minimum absolute atomic E-state index is 0.180. The summed E-state index contributed by atoms with van der Waals surface area (Å²) in [5.41, 5.74) is 2.21. The molecule has 162 valence electrons. The van der Waals surface area contributed by atoms with Crippen LogP contribution in [0.4, 0.5) is 5.69 Å². The van der Waals surface area contributed by atoms with Crippen LogP contribution >= 0.6 is 47.2 Å². The molecule has 4 nitrogen and oxygen atoms in total. The minimum Gasteiger partial charge on any atom is -0.493 e. The smallest absolute Gasteiger partial charge is 0.270 e. The lowest BCUT2D eigenvalue weighted by Gasteiger charge is -2.15. The average Bonchev–Trinajstić information content (AvgIpc) is 3.07. The number of hydrogen-bond donors (Lipinski definition) is 0. The molecule has 1 aliphatic rings. The second kappa shape index (κ2) is 9.96. The van der Waals surface area contributed by atoms with Gasteiger partial charge >= 0.3 is 0 Å². The standard InChI is InChI=1S/C24H17Cl2NO3S2/c1-29-20-9-5-6-15(22(20)30-14-16-10-11-17(25)13-19(16)26)12-21-23(28)27(24(31)32-21)18-7-3-2-4-8-18/h2-13H,14H2,1H3/b21-12+. The fraction of sp³-hybridized carbons (Fsp3) is 0.0833. The van der Waals surface area contributed by atoms with Crippen LogP contribution in [0, 0.1) is 0 Å². The maximum atomic E-state index is 13.1. The number of carbonyl (C=O) groups excluding carboxylic acids is 1. The van der Waals surface area contributed by atoms with Crippen LogP contribution in [0.2, 0.25) is 10.0 Å². The largest absolute Gasteiger partial charge is 0.493 e. The van der Waals surface area contributed by atoms with Gasteiger partial charge in [0.2, 0.25) is 0 Å². The van der Waals surface area contributed by atoms with E-state index in [4.69, 9.17) is 44.9 Å². The first-order chi connectivity index (χ1) is 15.5. The Kier molecular flexibility index (Phi) is 7.06. The number of thioether (sulfide) groups is 1. The molecule has 0 radical (unpaired) electrons. The van der Waals surface area contributed by atoms with Crippen LogP contribution in [0.3, 0.4) is 0 Å². The van der Waals surface area contributed by atoms with Crippen LogP contribution < -0.4 is 14.4 Å². The summed E-state index contributed by atoms with van der Waals surface area (Å²) >= 11 is 19.0. The van der Waals surface area contributed by atoms with Gasteiger partial charge in [-0.15, -0.1) is 0 Å². The zero-order valence-corrected chi connectivity index (χ0v) is 20.0. The molecule has 0 atom stereocenters. The Bertz CT molecular complexity index is 1220. The molecule has 4 rings (SSSR count). The van der Waals surface area contributed by atoms with Gasteiger partial charge in [0.15, 0.2) is 15.8 Å². The molecule has 3 aromatic rings. The van der Waals surface area contributed by atoms with Crippen LogP contribution in [-0.4, -0.2) is 17.3 Å². The first kappa shape index (κ1) is 22.7. The molecule has 0 spiro atoms. The first-order valence-electron chi connectivity index (χ1n) is 9.54. The summed E-state index contributed by atoms with van der Waals surface area (Å²) in [5.74, 6) is 0.870. The van der Waals surface area contributed by atoms with Crippen molar-refractivity contribution in [3.63, 3.8) is 0 Å². The number of hydrogen-bond acceptors (Lipinski definition) is 5. The Morgan fingerprint density at radius 2 is 1.84 bits per heavy atom. The van der Waals surface area contributed by atoms with Crippen molar-refractivity contribution in [2.45, 2.75) is 6.61 Å². The second-order valence-electron chi connectivity index (χ2n) is 6.76. The van der Waals surface area contributed by atoms with Gasteiger partial charge in [0, 0.05) is 21.2 Å². The Balaban J connectivity index is 1.65. The molecule has 0 N–H and O–H groups in total. The quantitative estimate of drug-likeness (QED) is 0.269. The third kappa shape index (κ3) is 4.79. The van der Waals surface area contributed by atoms with Gasteiger partial charge in [-0.2, -0.15) is 0 Å². The third-order valence-electron chi connectivity index (χ3n) is 4.71. The van der Waals surface area contributed by atoms with Gasteiger partial charge in [-0.1, -0.05) is 83.6 Å². The highest BCUT2D eigenvalue weighted by Gasteiger charge is 2.33. The fourth-order valence-corrected chi connectivity index (χ4v) is 4.91. The number of ether oxygens (including phenoxy) is 2. The summed E-state index contributed by atoms with van der Waals surface area (Å²) < 4.78 is 12.1. The molecule has 1 fully saturated rings. The topological polar surface area (TPSA) is 38.8 Å². The number of amides is 1. The van der Waals surface area contributed by atoms with Crippen molar-refractivity contribution in [3.05, 3.63) is 92.8 Å². The molecule has 0 unspecified atom stereocenters. The van der Waals surface area contributed by atoms with E-state index in [1.165, 1.54) is 16.7 Å². The lowest BCUT2D eigenvalue weighted by atomic mass is 10.1. The summed E-state index contributed by atoms with van der Waals surface area (Å²) in [6.45, 7) is 0.211. The summed E-state index contributed by atoms with van der Waals surface area (Å²) in [5, 5.41) is 1.06. The van der Waals surface area contributed by atoms with E-state index >= 15 is 0 Å². The Morgan fingerprint density at radius 3 is 2.56 bits per heavy atom. The molecule has 0 aromatic heterocycles. The van der Waals surface area contributed by atoms with Crippen LogP contribution in [0.15, 0.2) is 71.6 Å². The maximum Gasteiger partial charge on any atom is 0.270 e. The normalized spacial score (nSPS) is 14.8. The molecule has 3 aromatic carbocycles. The van der Waals surface area contributed by atoms with Crippen molar-refractivity contribution in [3.8, 4) is 11.5 Å². The average molecular weight is 502 g/mol. The van der Waals surface area contributed by atoms with Crippen molar-refractivity contribution >= 4 is 69.2 Å². The number of rotatable bonds is 6. The lowest BCUT2D eigenvalue weighted by molar-refractivity contribution is -0.113. The van der Waals surface area contributed by atoms with E-state index in [1.807, 2.05) is 48.5 Å². The van der Waals surface area contributed by atoms with Crippen molar-refractivity contribution in [1.82, 2.24) is 0 Å². The molecular weight excluding hydrogens is 485 g/mol. The molecule has 8 heteroatoms. The summed E-state index contributed by atoms with van der Waals surface area (Å²) in [6.07, 6.45) is 1.77. The van der Waals surface area contributed by atoms with Gasteiger partial charge in [0.25, 0.3) is 5.91 Å². The predicted octanol–water partition coefficient (Wildman–Crippen LogP) is 6.99. The number of methoxy groups -OCH3 is 1. The van der Waals surface area contributed by atoms with Crippen LogP contribution in [0.5, 0.6) is 11.5 Å². The molecule has 0 saturated carbocycles. The number of halogens is 2. The van der Waals surface area contributed by atoms with Gasteiger partial charge in [0.1, 0.15) is 6.61 Å². The number of anilines is 1. The highest BCUT2D eigenvalue weighted by atomic mass is 35.5. The highest BCUT2D eigenvalue weighted by Crippen LogP contribution is 2.39. The predicted molar refractivity (Wildman–Crippen MR) is 136 cm³/mol. The number of thiocarbonyl (C=S) groups is 1. The number of para-hydroxylation sites is 2. The molecule has 0 bridgehead atoms. The van der Waals surface area contributed by atoms with Crippen LogP contribution in [0.25, 0.3) is 6.08 Å². The second-order valence-corrected chi connectivity index (χ2v) is 9.28. The summed E-state index contributed by atoms with van der Waals surface area (Å²) in [4.78, 5) is 15.1. The third-order valence-corrected chi connectivity index (χ3v) is 6.60. The Hall–Kier alpha value is -2.51. The minimum atomic E-state index is -0.180. The van der Waals surface area contributed by atoms with Crippen molar-refractivity contribution in [2.24, 2.45) is 0 Å². The fourth-order valence-electron chi connectivity index (χ4n) is 3.16. The van der Waals surface area contributed by atoms with E-state index in [0.29, 0.717) is 36.3 Å². The Morgan fingerprint density at radius 1 is 1.06 bits per heavy atom. The van der Waals surface area contributed by atoms with Gasteiger partial charge in [-0.05, 0) is 36.4 Å². The molecule has 1 amide bonds. The molecule has 0 aliphatic carbocycles. The van der Waals surface area contributed by atoms with Crippen LogP contribution in [0.1, 0.15) is 11.1 Å². The molecule has 32 heavy (non-hydrogen) atoms. The monoisotopic (exact) mass is 501 g/mol. The van der Waals surface area contributed by atoms with E-state index in [9.17, 15) is 4.79 Å². The van der Waals surface area contributed by atoms with E-state index < -0.39 is 0 Å². The zero-order valence-electron chi connectivity index (χ0n) is 16.9. The van der Waals surface area contributed by atoms with E-state index in [2.05, 4.69) is 0 Å². The molecule has 1 heterocycles. The summed E-state index contributed by atoms with van der Waals surface area (Å²) in [6, 6.07) is 20.1. The van der Waals surface area contributed by atoms with E-state index in [1.54, 1.807) is 31.4 Å². The number of carbonyl (C=O) groups is 1. The lowest BCUT2D eigenvalue weighted by Crippen LogP contribution is -2.27. The summed E-state index contributed by atoms with van der Waals surface area (Å²) in [7, 11) is 1.57. The maximum absolute atomic E-state index is 13.1. The number of benzene rings is 3. The number of nitrogens with zero attached hydrogens (tertiary/aromatic N) is 1.